The molecule has 0 aromatic carbocycles. The molecule has 1 aliphatic carbocycles. The van der Waals surface area contributed by atoms with Crippen LogP contribution < -0.4 is 0 Å². The van der Waals surface area contributed by atoms with Gasteiger partial charge < -0.3 is 43.9 Å². The third-order valence-electron chi connectivity index (χ3n) is 14.5. The van der Waals surface area contributed by atoms with Gasteiger partial charge in [-0.05, 0) is 120 Å². The van der Waals surface area contributed by atoms with Gasteiger partial charge in [0, 0.05) is 58.5 Å². The highest BCUT2D eigenvalue weighted by Gasteiger charge is 2.53. The van der Waals surface area contributed by atoms with Gasteiger partial charge in [0.15, 0.2) is 5.78 Å². The maximum Gasteiger partial charge on any atom is 0.329 e. The van der Waals surface area contributed by atoms with Gasteiger partial charge in [0.2, 0.25) is 5.79 Å². The van der Waals surface area contributed by atoms with E-state index in [1.807, 2.05) is 26.8 Å². The van der Waals surface area contributed by atoms with E-state index in [-0.39, 0.29) is 55.0 Å². The van der Waals surface area contributed by atoms with E-state index in [2.05, 4.69) is 12.2 Å². The molecule has 0 spiro atoms. The Morgan fingerprint density at radius 2 is 1.56 bits per heavy atom. The lowest BCUT2D eigenvalue weighted by molar-refractivity contribution is -0.265. The first-order valence-corrected chi connectivity index (χ1v) is 23.8. The summed E-state index contributed by atoms with van der Waals surface area (Å²) in [6.07, 6.45) is 10.3. The summed E-state index contributed by atoms with van der Waals surface area (Å²) < 4.78 is 29.4. The monoisotopic (exact) mass is 902 g/mol. The van der Waals surface area contributed by atoms with E-state index in [1.54, 1.807) is 41.1 Å². The normalized spacial score (nSPS) is 39.4. The van der Waals surface area contributed by atoms with Gasteiger partial charge in [-0.15, -0.1) is 0 Å². The molecule has 1 saturated carbocycles. The zero-order valence-corrected chi connectivity index (χ0v) is 40.0. The van der Waals surface area contributed by atoms with E-state index in [9.17, 15) is 39.3 Å². The molecule has 2 bridgehead atoms. The van der Waals surface area contributed by atoms with Gasteiger partial charge in [0.05, 0.1) is 24.4 Å². The summed E-state index contributed by atoms with van der Waals surface area (Å²) in [6.45, 7) is 10.8. The molecule has 3 aliphatic heterocycles. The van der Waals surface area contributed by atoms with Gasteiger partial charge in [-0.25, -0.2) is 4.79 Å². The second-order valence-corrected chi connectivity index (χ2v) is 19.3. The molecule has 3 fully saturated rings. The highest BCUT2D eigenvalue weighted by Crippen LogP contribution is 2.38. The van der Waals surface area contributed by atoms with Crippen LogP contribution in [0.1, 0.15) is 138 Å². The fraction of sp³-hybridized carbons (Fsp3) is 0.780. The topological polar surface area (TPSA) is 195 Å². The molecule has 3 N–H and O–H groups in total. The molecule has 4 aliphatic rings. The second-order valence-electron chi connectivity index (χ2n) is 19.3. The van der Waals surface area contributed by atoms with Crippen LogP contribution in [0, 0.1) is 29.6 Å². The lowest BCUT2D eigenvalue weighted by Gasteiger charge is -2.42. The number of hydrogen-bond acceptors (Lipinski definition) is 13. The number of Topliss-reactive ketones (excluding diaryl/α,β-unsaturated/α-hetero) is 3. The quantitative estimate of drug-likeness (QED) is 0.156. The summed E-state index contributed by atoms with van der Waals surface area (Å²) in [4.78, 5) is 71.6. The summed E-state index contributed by atoms with van der Waals surface area (Å²) in [5.74, 6) is -7.82. The van der Waals surface area contributed by atoms with Crippen molar-refractivity contribution in [2.24, 2.45) is 29.6 Å². The van der Waals surface area contributed by atoms with Crippen LogP contribution in [0.15, 0.2) is 35.5 Å². The lowest BCUT2D eigenvalue weighted by atomic mass is 9.78. The molecule has 0 unspecified atom stereocenters. The largest absolute Gasteiger partial charge is 0.460 e. The van der Waals surface area contributed by atoms with Crippen LogP contribution in [0.25, 0.3) is 0 Å². The number of allylic oxidation sites excluding steroid dienone is 4. The second kappa shape index (κ2) is 25.1. The number of aliphatic hydroxyl groups excluding tert-OH is 2. The van der Waals surface area contributed by atoms with E-state index in [4.69, 9.17) is 23.7 Å². The fourth-order valence-electron chi connectivity index (χ4n) is 9.99. The molecule has 4 rings (SSSR count). The first kappa shape index (κ1) is 53.5. The number of piperidine rings is 1. The van der Waals surface area contributed by atoms with Crippen LogP contribution in [0.3, 0.4) is 0 Å². The molecule has 0 aromatic heterocycles. The van der Waals surface area contributed by atoms with Crippen molar-refractivity contribution in [1.82, 2.24) is 4.90 Å². The third kappa shape index (κ3) is 14.0. The van der Waals surface area contributed by atoms with Crippen molar-refractivity contribution in [3.8, 4) is 0 Å². The van der Waals surface area contributed by atoms with Crippen molar-refractivity contribution in [2.75, 3.05) is 27.9 Å². The van der Waals surface area contributed by atoms with E-state index in [1.165, 1.54) is 12.0 Å². The number of nitrogens with zero attached hydrogens (tertiary/aromatic N) is 1. The van der Waals surface area contributed by atoms with Gasteiger partial charge in [-0.1, -0.05) is 52.0 Å². The van der Waals surface area contributed by atoms with Gasteiger partial charge in [-0.2, -0.15) is 0 Å². The summed E-state index contributed by atoms with van der Waals surface area (Å²) >= 11 is 0. The van der Waals surface area contributed by atoms with Gasteiger partial charge in [-0.3, -0.25) is 19.2 Å². The number of amides is 1. The number of fused-ring (bicyclic) bond motifs is 3. The van der Waals surface area contributed by atoms with E-state index in [0.717, 1.165) is 24.8 Å². The minimum atomic E-state index is -2.41. The van der Waals surface area contributed by atoms with E-state index < -0.39 is 77.8 Å². The molecule has 1 amide bonds. The zero-order valence-electron chi connectivity index (χ0n) is 40.0. The van der Waals surface area contributed by atoms with Gasteiger partial charge in [0.1, 0.15) is 30.1 Å². The Kier molecular flexibility index (Phi) is 21.0. The average molecular weight is 902 g/mol. The predicted octanol–water partition coefficient (Wildman–Crippen LogP) is 6.16. The summed E-state index contributed by atoms with van der Waals surface area (Å²) in [5.41, 5.74) is 1.37. The number of esters is 1. The highest BCUT2D eigenvalue weighted by molar-refractivity contribution is 6.39. The Balaban J connectivity index is 1.67. The molecule has 14 nitrogen and oxygen atoms in total. The van der Waals surface area contributed by atoms with Crippen molar-refractivity contribution < 1.29 is 63.0 Å². The van der Waals surface area contributed by atoms with Crippen LogP contribution in [-0.4, -0.2) is 132 Å². The van der Waals surface area contributed by atoms with Crippen LogP contribution in [0.5, 0.6) is 0 Å². The highest BCUT2D eigenvalue weighted by atomic mass is 16.6. The summed E-state index contributed by atoms with van der Waals surface area (Å²) in [6, 6.07) is -1.13. The van der Waals surface area contributed by atoms with Crippen LogP contribution in [0.2, 0.25) is 0 Å². The minimum absolute atomic E-state index is 0.0955. The maximum atomic E-state index is 14.3. The molecule has 0 aromatic rings. The number of hydrogen-bond donors (Lipinski definition) is 3. The Bertz CT molecular complexity index is 1680. The first-order valence-electron chi connectivity index (χ1n) is 23.8. The SMILES string of the molecule is CO[C@H]1C[C@@H]2CC[C@@H](C)[C@@](O)(O2)C(=O)C(=O)N2CCCC[C@H]2C(=O)O[C@H]([C@H](C)C[C@H]2CC[C@@H](O)[C@H](OC)C2)CC(=O)[C@H](C)/C=C(/C)[C@@H](O)[C@@H](OC)C(=O)[C@H](C)CC/C=C\CC/C=C\1C. The molecule has 64 heavy (non-hydrogen) atoms. The van der Waals surface area contributed by atoms with Gasteiger partial charge >= 0.3 is 5.97 Å². The Labute approximate surface area is 381 Å². The number of ether oxygens (including phenoxy) is 5. The minimum Gasteiger partial charge on any atom is -0.460 e. The number of ketones is 3. The number of carbonyl (C=O) groups excluding carboxylic acids is 5. The van der Waals surface area contributed by atoms with Gasteiger partial charge in [0.25, 0.3) is 11.7 Å². The third-order valence-corrected chi connectivity index (χ3v) is 14.5. The number of methoxy groups -OCH3 is 3. The van der Waals surface area contributed by atoms with Crippen molar-refractivity contribution >= 4 is 29.2 Å². The molecule has 0 radical (unpaired) electrons. The lowest BCUT2D eigenvalue weighted by Crippen LogP contribution is -2.61. The summed E-state index contributed by atoms with van der Waals surface area (Å²) in [5, 5.41) is 33.8. The Hall–Kier alpha value is -3.11. The zero-order chi connectivity index (χ0) is 47.3. The molecule has 14 atom stereocenters. The van der Waals surface area contributed by atoms with Crippen LogP contribution in [0.4, 0.5) is 0 Å². The molecule has 14 heteroatoms. The predicted molar refractivity (Wildman–Crippen MR) is 241 cm³/mol. The van der Waals surface area contributed by atoms with E-state index in [0.29, 0.717) is 69.8 Å². The van der Waals surface area contributed by atoms with Crippen molar-refractivity contribution in [2.45, 2.75) is 192 Å². The molecule has 2 saturated heterocycles. The van der Waals surface area contributed by atoms with Crippen molar-refractivity contribution in [3.63, 3.8) is 0 Å². The number of carbonyl (C=O) groups is 5. The maximum absolute atomic E-state index is 14.3. The van der Waals surface area contributed by atoms with Crippen molar-refractivity contribution in [3.05, 3.63) is 35.5 Å². The first-order chi connectivity index (χ1) is 30.4. The smallest absolute Gasteiger partial charge is 0.329 e. The molecular formula is C50H79NO13. The summed E-state index contributed by atoms with van der Waals surface area (Å²) in [7, 11) is 4.55. The molecule has 362 valence electrons. The Morgan fingerprint density at radius 3 is 2.25 bits per heavy atom. The Morgan fingerprint density at radius 1 is 0.844 bits per heavy atom. The van der Waals surface area contributed by atoms with Crippen LogP contribution >= 0.6 is 0 Å². The van der Waals surface area contributed by atoms with Crippen molar-refractivity contribution in [1.29, 1.82) is 0 Å². The number of cyclic esters (lactones) is 1. The molecule has 3 heterocycles. The number of rotatable bonds is 6. The number of aliphatic hydroxyl groups is 3. The van der Waals surface area contributed by atoms with E-state index >= 15 is 0 Å². The average Bonchev–Trinajstić information content (AvgIpc) is 3.28. The van der Waals surface area contributed by atoms with Crippen LogP contribution in [-0.2, 0) is 47.7 Å². The standard InChI is InChI=1S/C50H79NO13/c1-30-17-13-11-10-12-14-18-31(2)44(54)46(62-9)45(55)34(5)25-32(3)40(53)29-42(33(4)26-36-21-23-39(52)43(27-36)61-8)63-49(58)38-19-15-16-24-51(38)48(57)47(56)50(59)35(6)20-22-37(64-50)28-41(30)60-7/h10,12,17,25,31-33,35-39,41-43,45-46,52,55,59H,11,13-16,18-24,26-29H2,1-9H3/b12-10-,30-17-,34-25-/t31-,32-,33-,35-,36-,37+,38+,39-,41+,42+,43-,45-,46+,50-/m1/s1. The fourth-order valence-corrected chi connectivity index (χ4v) is 9.99. The molecular weight excluding hydrogens is 823 g/mol.